The Morgan fingerprint density at radius 3 is 1.36 bits per heavy atom. The van der Waals surface area contributed by atoms with E-state index in [2.05, 4.69) is 44.0 Å². The van der Waals surface area contributed by atoms with Crippen LogP contribution in [0.25, 0.3) is 6.15 Å². The molecule has 0 heterocycles. The van der Waals surface area contributed by atoms with Crippen LogP contribution in [-0.2, 0) is 0 Å². The van der Waals surface area contributed by atoms with Crippen molar-refractivity contribution >= 4 is 17.2 Å². The van der Waals surface area contributed by atoms with Crippen LogP contribution in [0.5, 0.6) is 0 Å². The SMILES string of the molecule is CN([SiH](C)C)[Si](C)(C)C.[NH2-].[Na+]. The van der Waals surface area contributed by atoms with E-state index in [-0.39, 0.29) is 35.7 Å². The van der Waals surface area contributed by atoms with E-state index in [0.29, 0.717) is 0 Å². The molecule has 0 rings (SSSR count). The molecule has 0 fully saturated rings. The number of rotatable bonds is 2. The monoisotopic (exact) mass is 200 g/mol. The van der Waals surface area contributed by atoms with Gasteiger partial charge in [-0.25, -0.2) is 0 Å². The second kappa shape index (κ2) is 6.83. The van der Waals surface area contributed by atoms with Crippen LogP contribution in [0.4, 0.5) is 0 Å². The van der Waals surface area contributed by atoms with E-state index in [4.69, 9.17) is 0 Å². The number of nitrogens with two attached hydrogens (primary N) is 1. The molecule has 64 valence electrons. The number of hydrogen-bond donors (Lipinski definition) is 0. The van der Waals surface area contributed by atoms with Crippen molar-refractivity contribution < 1.29 is 29.6 Å². The molecule has 0 aliphatic rings. The van der Waals surface area contributed by atoms with E-state index in [1.54, 1.807) is 0 Å². The van der Waals surface area contributed by atoms with Crippen LogP contribution in [0, 0.1) is 0 Å². The third-order valence-electron chi connectivity index (χ3n) is 1.83. The Bertz CT molecular complexity index is 93.1. The molecule has 0 bridgehead atoms. The molecule has 0 atom stereocenters. The van der Waals surface area contributed by atoms with Gasteiger partial charge in [-0.3, -0.25) is 0 Å². The van der Waals surface area contributed by atoms with Gasteiger partial charge in [-0.05, 0) is 7.05 Å². The molecule has 0 amide bonds. The molecule has 0 saturated carbocycles. The Labute approximate surface area is 96.4 Å². The first-order valence-electron chi connectivity index (χ1n) is 3.58. The fourth-order valence-electron chi connectivity index (χ4n) is 0.775. The van der Waals surface area contributed by atoms with Gasteiger partial charge in [0.1, 0.15) is 8.24 Å². The van der Waals surface area contributed by atoms with Gasteiger partial charge >= 0.3 is 29.6 Å². The van der Waals surface area contributed by atoms with Crippen molar-refractivity contribution in [2.24, 2.45) is 0 Å². The third kappa shape index (κ3) is 7.71. The van der Waals surface area contributed by atoms with E-state index >= 15 is 0 Å². The van der Waals surface area contributed by atoms with Gasteiger partial charge in [0, 0.05) is 0 Å². The smallest absolute Gasteiger partial charge is 0.693 e. The van der Waals surface area contributed by atoms with Crippen molar-refractivity contribution in [1.82, 2.24) is 4.23 Å². The zero-order valence-corrected chi connectivity index (χ0v) is 13.3. The van der Waals surface area contributed by atoms with Gasteiger partial charge in [0.15, 0.2) is 0 Å². The van der Waals surface area contributed by atoms with E-state index in [1.807, 2.05) is 0 Å². The maximum atomic E-state index is 2.63. The summed E-state index contributed by atoms with van der Waals surface area (Å²) in [5.74, 6) is 0. The average Bonchev–Trinajstić information content (AvgIpc) is 1.62. The fourth-order valence-corrected chi connectivity index (χ4v) is 6.97. The largest absolute Gasteiger partial charge is 1.00 e. The van der Waals surface area contributed by atoms with Gasteiger partial charge in [-0.2, -0.15) is 0 Å². The van der Waals surface area contributed by atoms with Crippen LogP contribution >= 0.6 is 0 Å². The molecule has 0 spiro atoms. The first-order valence-corrected chi connectivity index (χ1v) is 9.86. The Kier molecular flexibility index (Phi) is 11.3. The summed E-state index contributed by atoms with van der Waals surface area (Å²) in [6, 6.07) is 0. The standard InChI is InChI=1S/C6H19NSi2.H2N.Na/c1-7(8(2)3)9(4,5)6;;/h8H,1-6H3;1H2;/q;-1;+1. The summed E-state index contributed by atoms with van der Waals surface area (Å²) in [5.41, 5.74) is 0. The second-order valence-corrected chi connectivity index (χ2v) is 12.4. The first kappa shape index (κ1) is 18.2. The summed E-state index contributed by atoms with van der Waals surface area (Å²) in [7, 11) is 0.858. The van der Waals surface area contributed by atoms with Crippen molar-refractivity contribution in [3.63, 3.8) is 0 Å². The van der Waals surface area contributed by atoms with E-state index < -0.39 is 17.2 Å². The molecule has 0 aromatic rings. The van der Waals surface area contributed by atoms with Gasteiger partial charge in [-0.1, -0.05) is 32.7 Å². The van der Waals surface area contributed by atoms with Crippen LogP contribution in [0.3, 0.4) is 0 Å². The molecule has 5 heteroatoms. The molecule has 0 saturated heterocycles. The van der Waals surface area contributed by atoms with Crippen molar-refractivity contribution in [1.29, 1.82) is 0 Å². The summed E-state index contributed by atoms with van der Waals surface area (Å²) in [5, 5.41) is 0. The molecule has 0 aliphatic carbocycles. The predicted molar refractivity (Wildman–Crippen MR) is 55.3 cm³/mol. The van der Waals surface area contributed by atoms with Crippen LogP contribution in [0.1, 0.15) is 0 Å². The normalized spacial score (nSPS) is 10.9. The molecule has 0 aliphatic heterocycles. The molecule has 2 N–H and O–H groups in total. The van der Waals surface area contributed by atoms with E-state index in [1.165, 1.54) is 0 Å². The minimum Gasteiger partial charge on any atom is -0.693 e. The van der Waals surface area contributed by atoms with Crippen molar-refractivity contribution in [3.05, 3.63) is 6.15 Å². The van der Waals surface area contributed by atoms with Crippen molar-refractivity contribution in [2.45, 2.75) is 32.7 Å². The Morgan fingerprint density at radius 2 is 1.36 bits per heavy atom. The van der Waals surface area contributed by atoms with E-state index in [9.17, 15) is 0 Å². The fraction of sp³-hybridized carbons (Fsp3) is 1.00. The van der Waals surface area contributed by atoms with E-state index in [0.717, 1.165) is 0 Å². The summed E-state index contributed by atoms with van der Waals surface area (Å²) in [4.78, 5) is 0. The summed E-state index contributed by atoms with van der Waals surface area (Å²) >= 11 is 0. The minimum atomic E-state index is -0.929. The zero-order chi connectivity index (χ0) is 7.65. The van der Waals surface area contributed by atoms with Crippen molar-refractivity contribution in [3.8, 4) is 0 Å². The maximum absolute atomic E-state index is 2.63. The Morgan fingerprint density at radius 1 is 1.09 bits per heavy atom. The maximum Gasteiger partial charge on any atom is 1.00 e. The molecular formula is C6H21N2NaSi2. The Balaban J connectivity index is -0.000000320. The molecule has 0 unspecified atom stereocenters. The summed E-state index contributed by atoms with van der Waals surface area (Å²) < 4.78 is 2.63. The van der Waals surface area contributed by atoms with Crippen LogP contribution in [0.2, 0.25) is 32.7 Å². The third-order valence-corrected chi connectivity index (χ3v) is 9.37. The molecule has 0 aromatic heterocycles. The second-order valence-electron chi connectivity index (χ2n) is 3.88. The van der Waals surface area contributed by atoms with Crippen LogP contribution in [0.15, 0.2) is 0 Å². The van der Waals surface area contributed by atoms with Gasteiger partial charge in [0.2, 0.25) is 0 Å². The topological polar surface area (TPSA) is 36.7 Å². The summed E-state index contributed by atoms with van der Waals surface area (Å²) in [6.07, 6.45) is 0. The van der Waals surface area contributed by atoms with Crippen molar-refractivity contribution in [2.75, 3.05) is 7.05 Å². The van der Waals surface area contributed by atoms with Crippen LogP contribution < -0.4 is 29.6 Å². The molecule has 0 radical (unpaired) electrons. The van der Waals surface area contributed by atoms with Gasteiger partial charge in [0.25, 0.3) is 0 Å². The van der Waals surface area contributed by atoms with Gasteiger partial charge in [-0.15, -0.1) is 0 Å². The molecule has 2 nitrogen and oxygen atoms in total. The quantitative estimate of drug-likeness (QED) is 0.552. The number of hydrogen-bond acceptors (Lipinski definition) is 1. The van der Waals surface area contributed by atoms with Gasteiger partial charge in [0.05, 0.1) is 8.96 Å². The minimum absolute atomic E-state index is 0. The predicted octanol–water partition coefficient (Wildman–Crippen LogP) is -0.542. The molecule has 0 aromatic carbocycles. The zero-order valence-electron chi connectivity index (χ0n) is 9.10. The first-order chi connectivity index (χ1) is 3.85. The number of nitrogens with zero attached hydrogens (tertiary/aromatic N) is 1. The average molecular weight is 200 g/mol. The van der Waals surface area contributed by atoms with Crippen LogP contribution in [-0.4, -0.2) is 28.5 Å². The molecular weight excluding hydrogens is 179 g/mol. The Hall–Kier alpha value is 1.35. The summed E-state index contributed by atoms with van der Waals surface area (Å²) in [6.45, 7) is 12.0. The van der Waals surface area contributed by atoms with Gasteiger partial charge < -0.3 is 10.4 Å². The molecule has 11 heavy (non-hydrogen) atoms.